The van der Waals surface area contributed by atoms with Crippen LogP contribution in [-0.2, 0) is 13.1 Å². The molecule has 0 saturated heterocycles. The Hall–Kier alpha value is -2.11. The number of allylic oxidation sites excluding steroid dienone is 1. The lowest BCUT2D eigenvalue weighted by molar-refractivity contribution is 0.613. The maximum absolute atomic E-state index is 12.1. The van der Waals surface area contributed by atoms with Gasteiger partial charge in [0.05, 0.1) is 6.33 Å². The first-order valence-electron chi connectivity index (χ1n) is 5.37. The third-order valence-electron chi connectivity index (χ3n) is 2.54. The average molecular weight is 234 g/mol. The second-order valence-corrected chi connectivity index (χ2v) is 3.98. The molecule has 2 rings (SSSR count). The van der Waals surface area contributed by atoms with E-state index in [0.717, 1.165) is 5.57 Å². The highest BCUT2D eigenvalue weighted by atomic mass is 16.2. The summed E-state index contributed by atoms with van der Waals surface area (Å²) in [4.78, 5) is 30.8. The fraction of sp³-hybridized carbons (Fsp3) is 0.364. The van der Waals surface area contributed by atoms with Crippen molar-refractivity contribution >= 4 is 11.2 Å². The first-order valence-corrected chi connectivity index (χ1v) is 5.37. The molecule has 6 nitrogen and oxygen atoms in total. The lowest BCUT2D eigenvalue weighted by atomic mass is 10.3. The first kappa shape index (κ1) is 11.4. The van der Waals surface area contributed by atoms with E-state index in [2.05, 4.69) is 16.5 Å². The van der Waals surface area contributed by atoms with Crippen molar-refractivity contribution in [2.45, 2.75) is 26.9 Å². The molecule has 0 aliphatic carbocycles. The van der Waals surface area contributed by atoms with Gasteiger partial charge in [-0.05, 0) is 13.8 Å². The van der Waals surface area contributed by atoms with Crippen molar-refractivity contribution in [2.24, 2.45) is 0 Å². The number of H-pyrrole nitrogens is 1. The maximum Gasteiger partial charge on any atom is 0.333 e. The zero-order chi connectivity index (χ0) is 12.6. The van der Waals surface area contributed by atoms with Crippen molar-refractivity contribution in [3.05, 3.63) is 39.3 Å². The summed E-state index contributed by atoms with van der Waals surface area (Å²) >= 11 is 0. The van der Waals surface area contributed by atoms with Crippen LogP contribution in [0.3, 0.4) is 0 Å². The molecule has 6 heteroatoms. The summed E-state index contributed by atoms with van der Waals surface area (Å²) in [5.74, 6) is 0. The number of imidazole rings is 1. The van der Waals surface area contributed by atoms with E-state index in [0.29, 0.717) is 24.3 Å². The molecule has 0 unspecified atom stereocenters. The van der Waals surface area contributed by atoms with Gasteiger partial charge in [0.2, 0.25) is 0 Å². The van der Waals surface area contributed by atoms with E-state index in [-0.39, 0.29) is 11.2 Å². The van der Waals surface area contributed by atoms with Crippen molar-refractivity contribution in [3.63, 3.8) is 0 Å². The molecule has 90 valence electrons. The Balaban J connectivity index is 2.90. The molecule has 0 atom stereocenters. The first-order chi connectivity index (χ1) is 8.06. The minimum absolute atomic E-state index is 0.331. The van der Waals surface area contributed by atoms with Gasteiger partial charge in [0, 0.05) is 13.1 Å². The normalized spacial score (nSPS) is 10.9. The summed E-state index contributed by atoms with van der Waals surface area (Å²) in [6, 6.07) is 0. The van der Waals surface area contributed by atoms with Crippen LogP contribution < -0.4 is 11.2 Å². The van der Waals surface area contributed by atoms with Crippen molar-refractivity contribution < 1.29 is 0 Å². The highest BCUT2D eigenvalue weighted by Crippen LogP contribution is 2.03. The summed E-state index contributed by atoms with van der Waals surface area (Å²) in [5.41, 5.74) is 0.890. The van der Waals surface area contributed by atoms with Gasteiger partial charge in [0.25, 0.3) is 5.56 Å². The fourth-order valence-electron chi connectivity index (χ4n) is 1.80. The molecule has 0 radical (unpaired) electrons. The molecule has 0 amide bonds. The SMILES string of the molecule is C=C(C)Cn1c(=O)n(CC)c(=O)c2[nH]cnc21. The molecule has 17 heavy (non-hydrogen) atoms. The molecule has 0 spiro atoms. The van der Waals surface area contributed by atoms with Crippen LogP contribution in [0.4, 0.5) is 0 Å². The number of fused-ring (bicyclic) bond motifs is 1. The second kappa shape index (κ2) is 4.04. The minimum atomic E-state index is -0.347. The molecule has 0 aliphatic rings. The largest absolute Gasteiger partial charge is 0.339 e. The highest BCUT2D eigenvalue weighted by Gasteiger charge is 2.13. The van der Waals surface area contributed by atoms with Crippen molar-refractivity contribution in [2.75, 3.05) is 0 Å². The number of aromatic nitrogens is 4. The van der Waals surface area contributed by atoms with Gasteiger partial charge >= 0.3 is 5.69 Å². The molecule has 2 aromatic heterocycles. The molecule has 2 aromatic rings. The number of nitrogens with zero attached hydrogens (tertiary/aromatic N) is 3. The molecular weight excluding hydrogens is 220 g/mol. The molecule has 0 saturated carbocycles. The predicted octanol–water partition coefficient (Wildman–Crippen LogP) is 0.482. The smallest absolute Gasteiger partial charge is 0.333 e. The predicted molar refractivity (Wildman–Crippen MR) is 65.1 cm³/mol. The Morgan fingerprint density at radius 2 is 2.18 bits per heavy atom. The Morgan fingerprint density at radius 3 is 2.76 bits per heavy atom. The van der Waals surface area contributed by atoms with Crippen molar-refractivity contribution in [1.82, 2.24) is 19.1 Å². The molecule has 0 bridgehead atoms. The van der Waals surface area contributed by atoms with Crippen LogP contribution in [0, 0.1) is 0 Å². The van der Waals surface area contributed by atoms with Gasteiger partial charge in [-0.15, -0.1) is 0 Å². The third-order valence-corrected chi connectivity index (χ3v) is 2.54. The lowest BCUT2D eigenvalue weighted by Gasteiger charge is -2.09. The standard InChI is InChI=1S/C11H14N4O2/c1-4-14-10(16)8-9(13-6-12-8)15(11(14)17)5-7(2)3/h6H,2,4-5H2,1,3H3,(H,12,13). The topological polar surface area (TPSA) is 72.7 Å². The van der Waals surface area contributed by atoms with Gasteiger partial charge in [-0.3, -0.25) is 13.9 Å². The summed E-state index contributed by atoms with van der Waals surface area (Å²) < 4.78 is 2.64. The van der Waals surface area contributed by atoms with E-state index in [9.17, 15) is 9.59 Å². The van der Waals surface area contributed by atoms with Crippen LogP contribution in [0.5, 0.6) is 0 Å². The molecule has 1 N–H and O–H groups in total. The summed E-state index contributed by atoms with van der Waals surface area (Å²) in [5, 5.41) is 0. The average Bonchev–Trinajstić information content (AvgIpc) is 2.73. The second-order valence-electron chi connectivity index (χ2n) is 3.98. The Bertz CT molecular complexity index is 690. The quantitative estimate of drug-likeness (QED) is 0.785. The number of hydrogen-bond donors (Lipinski definition) is 1. The van der Waals surface area contributed by atoms with Crippen molar-refractivity contribution in [3.8, 4) is 0 Å². The van der Waals surface area contributed by atoms with E-state index in [1.165, 1.54) is 15.5 Å². The zero-order valence-electron chi connectivity index (χ0n) is 9.86. The van der Waals surface area contributed by atoms with Crippen LogP contribution in [0.1, 0.15) is 13.8 Å². The number of rotatable bonds is 3. The summed E-state index contributed by atoms with van der Waals surface area (Å²) in [7, 11) is 0. The van der Waals surface area contributed by atoms with Gasteiger partial charge < -0.3 is 4.98 Å². The Labute approximate surface area is 97.2 Å². The van der Waals surface area contributed by atoms with Crippen molar-refractivity contribution in [1.29, 1.82) is 0 Å². The Morgan fingerprint density at radius 1 is 1.47 bits per heavy atom. The van der Waals surface area contributed by atoms with Gasteiger partial charge in [-0.1, -0.05) is 12.2 Å². The highest BCUT2D eigenvalue weighted by molar-refractivity contribution is 5.68. The van der Waals surface area contributed by atoms with E-state index in [4.69, 9.17) is 0 Å². The summed E-state index contributed by atoms with van der Waals surface area (Å²) in [6.45, 7) is 8.06. The van der Waals surface area contributed by atoms with Crippen LogP contribution in [-0.4, -0.2) is 19.1 Å². The fourth-order valence-corrected chi connectivity index (χ4v) is 1.80. The maximum atomic E-state index is 12.1. The molecular formula is C11H14N4O2. The minimum Gasteiger partial charge on any atom is -0.339 e. The van der Waals surface area contributed by atoms with E-state index in [1.54, 1.807) is 6.92 Å². The zero-order valence-corrected chi connectivity index (χ0v) is 9.86. The van der Waals surface area contributed by atoms with Gasteiger partial charge in [0.1, 0.15) is 5.52 Å². The number of aromatic amines is 1. The monoisotopic (exact) mass is 234 g/mol. The van der Waals surface area contributed by atoms with Crippen LogP contribution in [0.15, 0.2) is 28.1 Å². The van der Waals surface area contributed by atoms with Gasteiger partial charge in [-0.2, -0.15) is 0 Å². The van der Waals surface area contributed by atoms with Crippen LogP contribution >= 0.6 is 0 Å². The third kappa shape index (κ3) is 1.71. The van der Waals surface area contributed by atoms with Gasteiger partial charge in [0.15, 0.2) is 5.65 Å². The summed E-state index contributed by atoms with van der Waals surface area (Å²) in [6.07, 6.45) is 1.42. The number of nitrogens with one attached hydrogen (secondary N) is 1. The molecule has 2 heterocycles. The van der Waals surface area contributed by atoms with E-state index in [1.807, 2.05) is 6.92 Å². The molecule has 0 aromatic carbocycles. The van der Waals surface area contributed by atoms with E-state index >= 15 is 0 Å². The van der Waals surface area contributed by atoms with E-state index < -0.39 is 0 Å². The van der Waals surface area contributed by atoms with Crippen LogP contribution in [0.25, 0.3) is 11.2 Å². The Kier molecular flexibility index (Phi) is 2.71. The van der Waals surface area contributed by atoms with Crippen LogP contribution in [0.2, 0.25) is 0 Å². The molecule has 0 fully saturated rings. The number of hydrogen-bond acceptors (Lipinski definition) is 3. The lowest BCUT2D eigenvalue weighted by Crippen LogP contribution is -2.39. The molecule has 0 aliphatic heterocycles. The van der Waals surface area contributed by atoms with Gasteiger partial charge in [-0.25, -0.2) is 9.78 Å².